The highest BCUT2D eigenvalue weighted by molar-refractivity contribution is 5.79. The summed E-state index contributed by atoms with van der Waals surface area (Å²) in [5.41, 5.74) is 7.10. The fourth-order valence-electron chi connectivity index (χ4n) is 2.72. The molecule has 1 saturated carbocycles. The van der Waals surface area contributed by atoms with E-state index in [1.165, 1.54) is 17.3 Å². The third kappa shape index (κ3) is 2.42. The molecule has 1 aromatic carbocycles. The number of aryl methyl sites for hydroxylation is 1. The summed E-state index contributed by atoms with van der Waals surface area (Å²) in [6.07, 6.45) is 5.65. The first-order valence-corrected chi connectivity index (χ1v) is 6.86. The summed E-state index contributed by atoms with van der Waals surface area (Å²) in [6, 6.07) is 11.8. The van der Waals surface area contributed by atoms with Crippen LogP contribution in [0, 0.1) is 0 Å². The molecular weight excluding hydrogens is 222 g/mol. The lowest BCUT2D eigenvalue weighted by Crippen LogP contribution is -2.48. The minimum Gasteiger partial charge on any atom is -0.347 e. The van der Waals surface area contributed by atoms with E-state index in [1.807, 2.05) is 0 Å². The van der Waals surface area contributed by atoms with Crippen LogP contribution in [-0.4, -0.2) is 23.2 Å². The predicted molar refractivity (Wildman–Crippen MR) is 75.6 cm³/mol. The van der Waals surface area contributed by atoms with Gasteiger partial charge in [0.1, 0.15) is 0 Å². The number of fused-ring (bicyclic) bond motifs is 1. The maximum Gasteiger partial charge on any atom is 0.0480 e. The molecule has 0 bridgehead atoms. The van der Waals surface area contributed by atoms with Crippen molar-refractivity contribution in [3.05, 3.63) is 36.5 Å². The number of benzene rings is 1. The molecule has 2 aromatic rings. The summed E-state index contributed by atoms with van der Waals surface area (Å²) in [4.78, 5) is 0. The number of nitrogens with two attached hydrogens (primary N) is 1. The molecular formula is C15H21N3. The van der Waals surface area contributed by atoms with Crippen LogP contribution in [0.5, 0.6) is 0 Å². The highest BCUT2D eigenvalue weighted by Gasteiger charge is 2.24. The van der Waals surface area contributed by atoms with E-state index in [9.17, 15) is 0 Å². The Hall–Kier alpha value is -1.32. The number of hydrogen-bond acceptors (Lipinski definition) is 2. The molecule has 0 unspecified atom stereocenters. The molecule has 1 aromatic heterocycles. The van der Waals surface area contributed by atoms with Gasteiger partial charge in [0, 0.05) is 30.3 Å². The first kappa shape index (κ1) is 11.8. The molecule has 3 N–H and O–H groups in total. The van der Waals surface area contributed by atoms with Crippen molar-refractivity contribution in [3.63, 3.8) is 0 Å². The molecule has 0 atom stereocenters. The van der Waals surface area contributed by atoms with E-state index in [2.05, 4.69) is 46.4 Å². The van der Waals surface area contributed by atoms with Crippen LogP contribution in [0.1, 0.15) is 19.3 Å². The van der Waals surface area contributed by atoms with Crippen LogP contribution < -0.4 is 11.1 Å². The topological polar surface area (TPSA) is 43.0 Å². The molecule has 18 heavy (non-hydrogen) atoms. The molecule has 1 fully saturated rings. The van der Waals surface area contributed by atoms with Gasteiger partial charge in [0.05, 0.1) is 0 Å². The van der Waals surface area contributed by atoms with Crippen LogP contribution >= 0.6 is 0 Å². The highest BCUT2D eigenvalue weighted by Crippen LogP contribution is 2.17. The van der Waals surface area contributed by atoms with E-state index < -0.39 is 0 Å². The fourth-order valence-corrected chi connectivity index (χ4v) is 2.72. The van der Waals surface area contributed by atoms with Crippen LogP contribution in [0.15, 0.2) is 36.5 Å². The van der Waals surface area contributed by atoms with Crippen molar-refractivity contribution < 1.29 is 0 Å². The molecule has 0 spiro atoms. The number of para-hydroxylation sites is 1. The van der Waals surface area contributed by atoms with Crippen LogP contribution in [0.3, 0.4) is 0 Å². The van der Waals surface area contributed by atoms with Gasteiger partial charge in [-0.25, -0.2) is 0 Å². The lowest BCUT2D eigenvalue weighted by atomic mass is 9.88. The van der Waals surface area contributed by atoms with Gasteiger partial charge in [-0.3, -0.25) is 0 Å². The highest BCUT2D eigenvalue weighted by atomic mass is 15.0. The van der Waals surface area contributed by atoms with Crippen molar-refractivity contribution in [3.8, 4) is 0 Å². The fraction of sp³-hybridized carbons (Fsp3) is 0.467. The molecule has 3 rings (SSSR count). The van der Waals surface area contributed by atoms with E-state index >= 15 is 0 Å². The smallest absolute Gasteiger partial charge is 0.0480 e. The number of hydrogen-bond donors (Lipinski definition) is 2. The zero-order valence-corrected chi connectivity index (χ0v) is 10.7. The first-order valence-electron chi connectivity index (χ1n) is 6.86. The predicted octanol–water partition coefficient (Wildman–Crippen LogP) is 2.11. The Morgan fingerprint density at radius 2 is 2.06 bits per heavy atom. The van der Waals surface area contributed by atoms with Crippen LogP contribution in [-0.2, 0) is 6.54 Å². The second-order valence-corrected chi connectivity index (χ2v) is 5.30. The maximum atomic E-state index is 5.77. The van der Waals surface area contributed by atoms with Crippen molar-refractivity contribution in [2.75, 3.05) is 6.54 Å². The molecule has 3 heteroatoms. The van der Waals surface area contributed by atoms with Crippen LogP contribution in [0.25, 0.3) is 10.9 Å². The normalized spacial score (nSPS) is 23.2. The zero-order valence-electron chi connectivity index (χ0n) is 10.7. The van der Waals surface area contributed by atoms with Gasteiger partial charge < -0.3 is 15.6 Å². The molecule has 0 radical (unpaired) electrons. The van der Waals surface area contributed by atoms with Crippen LogP contribution in [0.4, 0.5) is 0 Å². The maximum absolute atomic E-state index is 5.77. The quantitative estimate of drug-likeness (QED) is 0.790. The Morgan fingerprint density at radius 3 is 2.89 bits per heavy atom. The Balaban J connectivity index is 1.48. The summed E-state index contributed by atoms with van der Waals surface area (Å²) in [7, 11) is 0. The SMILES string of the molecule is NC1CC(NCCCn2ccc3ccccc32)C1. The molecule has 1 heterocycles. The van der Waals surface area contributed by atoms with E-state index in [0.717, 1.165) is 25.9 Å². The monoisotopic (exact) mass is 243 g/mol. The average molecular weight is 243 g/mol. The number of rotatable bonds is 5. The number of aromatic nitrogens is 1. The van der Waals surface area contributed by atoms with Gasteiger partial charge in [-0.15, -0.1) is 0 Å². The molecule has 0 aliphatic heterocycles. The minimum atomic E-state index is 0.441. The second kappa shape index (κ2) is 5.12. The average Bonchev–Trinajstić information content (AvgIpc) is 2.75. The third-order valence-electron chi connectivity index (χ3n) is 3.86. The van der Waals surface area contributed by atoms with Gasteiger partial charge >= 0.3 is 0 Å². The Labute approximate surface area is 108 Å². The van der Waals surface area contributed by atoms with Gasteiger partial charge in [-0.1, -0.05) is 18.2 Å². The molecule has 0 saturated heterocycles. The first-order chi connectivity index (χ1) is 8.83. The van der Waals surface area contributed by atoms with Gasteiger partial charge in [0.25, 0.3) is 0 Å². The summed E-state index contributed by atoms with van der Waals surface area (Å²) < 4.78 is 2.34. The van der Waals surface area contributed by atoms with Crippen molar-refractivity contribution >= 4 is 10.9 Å². The van der Waals surface area contributed by atoms with Gasteiger partial charge in [-0.05, 0) is 43.3 Å². The minimum absolute atomic E-state index is 0.441. The summed E-state index contributed by atoms with van der Waals surface area (Å²) in [5, 5.41) is 4.90. The van der Waals surface area contributed by atoms with Crippen molar-refractivity contribution in [2.45, 2.75) is 37.9 Å². The third-order valence-corrected chi connectivity index (χ3v) is 3.86. The summed E-state index contributed by atoms with van der Waals surface area (Å²) in [5.74, 6) is 0. The zero-order chi connectivity index (χ0) is 12.4. The molecule has 3 nitrogen and oxygen atoms in total. The largest absolute Gasteiger partial charge is 0.347 e. The van der Waals surface area contributed by atoms with E-state index in [4.69, 9.17) is 5.73 Å². The molecule has 1 aliphatic carbocycles. The van der Waals surface area contributed by atoms with Gasteiger partial charge in [0.2, 0.25) is 0 Å². The van der Waals surface area contributed by atoms with Crippen molar-refractivity contribution in [1.82, 2.24) is 9.88 Å². The lowest BCUT2D eigenvalue weighted by Gasteiger charge is -2.33. The van der Waals surface area contributed by atoms with Gasteiger partial charge in [0.15, 0.2) is 0 Å². The number of nitrogens with one attached hydrogen (secondary N) is 1. The van der Waals surface area contributed by atoms with E-state index in [0.29, 0.717) is 12.1 Å². The Bertz CT molecular complexity index is 511. The van der Waals surface area contributed by atoms with E-state index in [-0.39, 0.29) is 0 Å². The molecule has 1 aliphatic rings. The van der Waals surface area contributed by atoms with E-state index in [1.54, 1.807) is 0 Å². The Kier molecular flexibility index (Phi) is 3.35. The molecule has 96 valence electrons. The second-order valence-electron chi connectivity index (χ2n) is 5.30. The molecule has 0 amide bonds. The van der Waals surface area contributed by atoms with Crippen molar-refractivity contribution in [2.24, 2.45) is 5.73 Å². The van der Waals surface area contributed by atoms with Crippen LogP contribution in [0.2, 0.25) is 0 Å². The van der Waals surface area contributed by atoms with Gasteiger partial charge in [-0.2, -0.15) is 0 Å². The number of nitrogens with zero attached hydrogens (tertiary/aromatic N) is 1. The standard InChI is InChI=1S/C15H21N3/c16-13-10-14(11-13)17-7-3-8-18-9-6-12-4-1-2-5-15(12)18/h1-2,4-6,9,13-14,17H,3,7-8,10-11,16H2. The van der Waals surface area contributed by atoms with Crippen molar-refractivity contribution in [1.29, 1.82) is 0 Å². The lowest BCUT2D eigenvalue weighted by molar-refractivity contribution is 0.290. The Morgan fingerprint density at radius 1 is 1.22 bits per heavy atom. The summed E-state index contributed by atoms with van der Waals surface area (Å²) >= 11 is 0. The summed E-state index contributed by atoms with van der Waals surface area (Å²) in [6.45, 7) is 2.17.